The van der Waals surface area contributed by atoms with Crippen molar-refractivity contribution in [1.82, 2.24) is 14.7 Å². The molecule has 15 heavy (non-hydrogen) atoms. The van der Waals surface area contributed by atoms with Gasteiger partial charge >= 0.3 is 0 Å². The van der Waals surface area contributed by atoms with Gasteiger partial charge in [0.2, 0.25) is 5.91 Å². The van der Waals surface area contributed by atoms with Crippen molar-refractivity contribution in [2.75, 3.05) is 18.8 Å². The minimum atomic E-state index is 0.0718. The lowest BCUT2D eigenvalue weighted by molar-refractivity contribution is -0.131. The molecule has 1 aromatic heterocycles. The Bertz CT molecular complexity index is 322. The highest BCUT2D eigenvalue weighted by atomic mass is 16.2. The number of nitrogens with zero attached hydrogens (tertiary/aromatic N) is 3. The van der Waals surface area contributed by atoms with Gasteiger partial charge in [-0.2, -0.15) is 5.10 Å². The zero-order valence-corrected chi connectivity index (χ0v) is 9.53. The Labute approximate surface area is 89.9 Å². The standard InChI is InChI=1S/C10H18N4O/c1-4-13(5-2)10(15)7-14-6-9(11)8(3)12-14/h6H,4-5,7,11H2,1-3H3. The van der Waals surface area contributed by atoms with Crippen LogP contribution in [0.25, 0.3) is 0 Å². The molecule has 5 nitrogen and oxygen atoms in total. The van der Waals surface area contributed by atoms with E-state index in [9.17, 15) is 4.79 Å². The zero-order chi connectivity index (χ0) is 11.4. The molecule has 0 aliphatic carbocycles. The largest absolute Gasteiger partial charge is 0.396 e. The maximum absolute atomic E-state index is 11.7. The Kier molecular flexibility index (Phi) is 3.71. The lowest BCUT2D eigenvalue weighted by atomic mass is 10.4. The fraction of sp³-hybridized carbons (Fsp3) is 0.600. The topological polar surface area (TPSA) is 64.2 Å². The lowest BCUT2D eigenvalue weighted by Crippen LogP contribution is -2.33. The lowest BCUT2D eigenvalue weighted by Gasteiger charge is -2.18. The van der Waals surface area contributed by atoms with Crippen molar-refractivity contribution in [2.24, 2.45) is 0 Å². The van der Waals surface area contributed by atoms with Gasteiger partial charge in [-0.3, -0.25) is 9.48 Å². The number of nitrogens with two attached hydrogens (primary N) is 1. The Morgan fingerprint density at radius 1 is 1.53 bits per heavy atom. The van der Waals surface area contributed by atoms with E-state index in [2.05, 4.69) is 5.10 Å². The molecule has 0 spiro atoms. The van der Waals surface area contributed by atoms with Crippen molar-refractivity contribution < 1.29 is 4.79 Å². The molecule has 0 atom stereocenters. The van der Waals surface area contributed by atoms with Gasteiger partial charge < -0.3 is 10.6 Å². The molecular formula is C10H18N4O. The number of hydrogen-bond donors (Lipinski definition) is 1. The first-order valence-corrected chi connectivity index (χ1v) is 5.15. The smallest absolute Gasteiger partial charge is 0.244 e. The third-order valence-electron chi connectivity index (χ3n) is 2.40. The quantitative estimate of drug-likeness (QED) is 0.793. The predicted octanol–water partition coefficient (Wildman–Crippen LogP) is 0.642. The fourth-order valence-electron chi connectivity index (χ4n) is 1.43. The first-order chi connectivity index (χ1) is 7.08. The van der Waals surface area contributed by atoms with Gasteiger partial charge in [-0.05, 0) is 20.8 Å². The number of nitrogen functional groups attached to an aromatic ring is 1. The molecule has 1 aromatic rings. The summed E-state index contributed by atoms with van der Waals surface area (Å²) in [5.41, 5.74) is 7.04. The molecule has 1 rings (SSSR count). The number of aryl methyl sites for hydroxylation is 1. The van der Waals surface area contributed by atoms with Crippen molar-refractivity contribution in [3.05, 3.63) is 11.9 Å². The Morgan fingerprint density at radius 2 is 2.13 bits per heavy atom. The summed E-state index contributed by atoms with van der Waals surface area (Å²) in [6.45, 7) is 7.47. The first kappa shape index (κ1) is 11.6. The van der Waals surface area contributed by atoms with Crippen molar-refractivity contribution in [3.8, 4) is 0 Å². The Balaban J connectivity index is 2.65. The third-order valence-corrected chi connectivity index (χ3v) is 2.40. The number of carbonyl (C=O) groups is 1. The number of rotatable bonds is 4. The van der Waals surface area contributed by atoms with Crippen molar-refractivity contribution in [2.45, 2.75) is 27.3 Å². The van der Waals surface area contributed by atoms with E-state index in [1.165, 1.54) is 0 Å². The Hall–Kier alpha value is -1.52. The number of amides is 1. The van der Waals surface area contributed by atoms with Crippen LogP contribution in [0.1, 0.15) is 19.5 Å². The van der Waals surface area contributed by atoms with E-state index in [1.54, 1.807) is 15.8 Å². The molecule has 2 N–H and O–H groups in total. The summed E-state index contributed by atoms with van der Waals surface area (Å²) in [7, 11) is 0. The molecule has 84 valence electrons. The first-order valence-electron chi connectivity index (χ1n) is 5.15. The normalized spacial score (nSPS) is 10.3. The summed E-state index contributed by atoms with van der Waals surface area (Å²) in [5, 5.41) is 4.15. The molecule has 5 heteroatoms. The third kappa shape index (κ3) is 2.71. The van der Waals surface area contributed by atoms with Crippen LogP contribution >= 0.6 is 0 Å². The highest BCUT2D eigenvalue weighted by molar-refractivity contribution is 5.75. The van der Waals surface area contributed by atoms with Crippen LogP contribution in [-0.4, -0.2) is 33.7 Å². The van der Waals surface area contributed by atoms with Gasteiger partial charge in [-0.25, -0.2) is 0 Å². The zero-order valence-electron chi connectivity index (χ0n) is 9.53. The summed E-state index contributed by atoms with van der Waals surface area (Å²) in [5.74, 6) is 0.0718. The van der Waals surface area contributed by atoms with Crippen molar-refractivity contribution >= 4 is 11.6 Å². The van der Waals surface area contributed by atoms with Gasteiger partial charge in [0.15, 0.2) is 0 Å². The van der Waals surface area contributed by atoms with Gasteiger partial charge in [0.1, 0.15) is 6.54 Å². The van der Waals surface area contributed by atoms with Crippen LogP contribution in [0.2, 0.25) is 0 Å². The second kappa shape index (κ2) is 4.82. The average molecular weight is 210 g/mol. The van der Waals surface area contributed by atoms with Gasteiger partial charge in [0.05, 0.1) is 11.4 Å². The maximum atomic E-state index is 11.7. The number of likely N-dealkylation sites (N-methyl/N-ethyl adjacent to an activating group) is 1. The van der Waals surface area contributed by atoms with E-state index in [0.717, 1.165) is 18.8 Å². The number of aromatic nitrogens is 2. The van der Waals surface area contributed by atoms with Crippen LogP contribution in [0, 0.1) is 6.92 Å². The Morgan fingerprint density at radius 3 is 2.53 bits per heavy atom. The second-order valence-corrected chi connectivity index (χ2v) is 3.43. The molecule has 0 aliphatic heterocycles. The van der Waals surface area contributed by atoms with E-state index >= 15 is 0 Å². The monoisotopic (exact) mass is 210 g/mol. The van der Waals surface area contributed by atoms with E-state index in [-0.39, 0.29) is 12.5 Å². The summed E-state index contributed by atoms with van der Waals surface area (Å²) < 4.78 is 1.59. The van der Waals surface area contributed by atoms with E-state index in [0.29, 0.717) is 5.69 Å². The average Bonchev–Trinajstić information content (AvgIpc) is 2.47. The van der Waals surface area contributed by atoms with Crippen molar-refractivity contribution in [3.63, 3.8) is 0 Å². The van der Waals surface area contributed by atoms with Crippen LogP contribution in [-0.2, 0) is 11.3 Å². The molecule has 0 fully saturated rings. The number of carbonyl (C=O) groups excluding carboxylic acids is 1. The molecule has 0 aliphatic rings. The van der Waals surface area contributed by atoms with Crippen LogP contribution in [0.4, 0.5) is 5.69 Å². The molecule has 0 unspecified atom stereocenters. The molecule has 0 radical (unpaired) electrons. The molecule has 0 bridgehead atoms. The summed E-state index contributed by atoms with van der Waals surface area (Å²) in [4.78, 5) is 13.5. The second-order valence-electron chi connectivity index (χ2n) is 3.43. The van der Waals surface area contributed by atoms with Gasteiger partial charge in [-0.15, -0.1) is 0 Å². The van der Waals surface area contributed by atoms with Gasteiger partial charge in [-0.1, -0.05) is 0 Å². The summed E-state index contributed by atoms with van der Waals surface area (Å²) in [6, 6.07) is 0. The number of anilines is 1. The fourth-order valence-corrected chi connectivity index (χ4v) is 1.43. The van der Waals surface area contributed by atoms with Crippen molar-refractivity contribution in [1.29, 1.82) is 0 Å². The number of hydrogen-bond acceptors (Lipinski definition) is 3. The molecule has 0 saturated carbocycles. The van der Waals surface area contributed by atoms with Gasteiger partial charge in [0, 0.05) is 19.3 Å². The molecule has 1 amide bonds. The SMILES string of the molecule is CCN(CC)C(=O)Cn1cc(N)c(C)n1. The highest BCUT2D eigenvalue weighted by Crippen LogP contribution is 2.06. The minimum Gasteiger partial charge on any atom is -0.396 e. The van der Waals surface area contributed by atoms with E-state index < -0.39 is 0 Å². The molecule has 1 heterocycles. The highest BCUT2D eigenvalue weighted by Gasteiger charge is 2.11. The predicted molar refractivity (Wildman–Crippen MR) is 59.3 cm³/mol. The van der Waals surface area contributed by atoms with Crippen LogP contribution in [0.15, 0.2) is 6.20 Å². The maximum Gasteiger partial charge on any atom is 0.244 e. The van der Waals surface area contributed by atoms with Crippen LogP contribution in [0.5, 0.6) is 0 Å². The summed E-state index contributed by atoms with van der Waals surface area (Å²) in [6.07, 6.45) is 1.69. The van der Waals surface area contributed by atoms with Crippen LogP contribution in [0.3, 0.4) is 0 Å². The van der Waals surface area contributed by atoms with Crippen LogP contribution < -0.4 is 5.73 Å². The molecular weight excluding hydrogens is 192 g/mol. The minimum absolute atomic E-state index is 0.0718. The van der Waals surface area contributed by atoms with E-state index in [4.69, 9.17) is 5.73 Å². The molecule has 0 aromatic carbocycles. The molecule has 0 saturated heterocycles. The van der Waals surface area contributed by atoms with E-state index in [1.807, 2.05) is 20.8 Å². The summed E-state index contributed by atoms with van der Waals surface area (Å²) >= 11 is 0. The van der Waals surface area contributed by atoms with Gasteiger partial charge in [0.25, 0.3) is 0 Å².